The zero-order valence-corrected chi connectivity index (χ0v) is 35.0. The van der Waals surface area contributed by atoms with Gasteiger partial charge in [0.1, 0.15) is 0 Å². The average molecular weight is 712 g/mol. The Kier molecular flexibility index (Phi) is 29.5. The third kappa shape index (κ3) is 24.9. The summed E-state index contributed by atoms with van der Waals surface area (Å²) in [6, 6.07) is 0.774. The fourth-order valence-electron chi connectivity index (χ4n) is 8.41. The Bertz CT molecular complexity index is 840. The third-order valence-corrected chi connectivity index (χ3v) is 11.9. The smallest absolute Gasteiger partial charge is 0.168 e. The van der Waals surface area contributed by atoms with Crippen LogP contribution in [0.2, 0.25) is 0 Å². The largest absolute Gasteiger partial charge is 0.347 e. The SMILES string of the molecule is CCCCC/C=C\C/C=C\CCCCCCCCC1(CCCCCCCC/C=C\CCCCCCCC)OCC(CC2CCC(N(C)C)CC2)O1. The van der Waals surface area contributed by atoms with Crippen LogP contribution in [-0.2, 0) is 9.47 Å². The first-order valence-electron chi connectivity index (χ1n) is 23.0. The first-order chi connectivity index (χ1) is 25.1. The van der Waals surface area contributed by atoms with E-state index in [1.165, 1.54) is 193 Å². The predicted molar refractivity (Wildman–Crippen MR) is 226 cm³/mol. The molecule has 2 rings (SSSR count). The molecule has 2 fully saturated rings. The Morgan fingerprint density at radius 3 is 1.41 bits per heavy atom. The van der Waals surface area contributed by atoms with Gasteiger partial charge in [0.15, 0.2) is 5.79 Å². The molecule has 0 aromatic rings. The van der Waals surface area contributed by atoms with Crippen molar-refractivity contribution in [1.82, 2.24) is 4.90 Å². The maximum Gasteiger partial charge on any atom is 0.168 e. The topological polar surface area (TPSA) is 21.7 Å². The molecule has 0 N–H and O–H groups in total. The molecular weight excluding hydrogens is 623 g/mol. The molecule has 2 aliphatic rings. The molecule has 0 amide bonds. The summed E-state index contributed by atoms with van der Waals surface area (Å²) in [6.07, 6.45) is 58.1. The Morgan fingerprint density at radius 2 is 0.922 bits per heavy atom. The van der Waals surface area contributed by atoms with E-state index in [1.54, 1.807) is 0 Å². The van der Waals surface area contributed by atoms with Gasteiger partial charge < -0.3 is 14.4 Å². The van der Waals surface area contributed by atoms with Crippen LogP contribution in [0.3, 0.4) is 0 Å². The van der Waals surface area contributed by atoms with Crippen LogP contribution in [0, 0.1) is 5.92 Å². The molecule has 0 aromatic carbocycles. The number of hydrogen-bond donors (Lipinski definition) is 0. The lowest BCUT2D eigenvalue weighted by Crippen LogP contribution is -2.34. The standard InChI is InChI=1S/C48H89NO2/c1-5-7-9-11-13-15-17-19-21-23-25-27-29-31-33-35-41-48(50-44-47(51-48)43-45-37-39-46(40-38-45)49(3)4)42-36-34-32-30-28-26-24-22-20-18-16-14-12-10-8-6-2/h13,15,19-22,45-47H,5-12,14,16-18,23-44H2,1-4H3/b15-13-,21-19-,22-20-. The fourth-order valence-corrected chi connectivity index (χ4v) is 8.41. The highest BCUT2D eigenvalue weighted by molar-refractivity contribution is 4.92. The minimum absolute atomic E-state index is 0.304. The van der Waals surface area contributed by atoms with Gasteiger partial charge in [0.05, 0.1) is 12.7 Å². The first-order valence-corrected chi connectivity index (χ1v) is 23.0. The van der Waals surface area contributed by atoms with Crippen molar-refractivity contribution < 1.29 is 9.47 Å². The summed E-state index contributed by atoms with van der Waals surface area (Å²) in [5.74, 6) is 0.513. The zero-order chi connectivity index (χ0) is 36.5. The van der Waals surface area contributed by atoms with Crippen molar-refractivity contribution in [2.75, 3.05) is 20.7 Å². The van der Waals surface area contributed by atoms with Crippen molar-refractivity contribution in [2.24, 2.45) is 5.92 Å². The van der Waals surface area contributed by atoms with Crippen LogP contribution in [-0.4, -0.2) is 43.5 Å². The summed E-state index contributed by atoms with van der Waals surface area (Å²) in [5.41, 5.74) is 0. The quantitative estimate of drug-likeness (QED) is 0.0490. The predicted octanol–water partition coefficient (Wildman–Crippen LogP) is 15.2. The minimum Gasteiger partial charge on any atom is -0.347 e. The zero-order valence-electron chi connectivity index (χ0n) is 35.0. The van der Waals surface area contributed by atoms with Crippen molar-refractivity contribution in [3.8, 4) is 0 Å². The molecule has 298 valence electrons. The molecule has 51 heavy (non-hydrogen) atoms. The number of allylic oxidation sites excluding steroid dienone is 6. The maximum absolute atomic E-state index is 6.92. The van der Waals surface area contributed by atoms with Gasteiger partial charge in [0, 0.05) is 18.9 Å². The Balaban J connectivity index is 1.60. The average Bonchev–Trinajstić information content (AvgIpc) is 3.53. The summed E-state index contributed by atoms with van der Waals surface area (Å²) in [4.78, 5) is 2.43. The van der Waals surface area contributed by atoms with Crippen molar-refractivity contribution in [3.05, 3.63) is 36.5 Å². The van der Waals surface area contributed by atoms with Crippen LogP contribution in [0.4, 0.5) is 0 Å². The molecule has 3 heteroatoms. The summed E-state index contributed by atoms with van der Waals surface area (Å²) >= 11 is 0. The molecule has 3 nitrogen and oxygen atoms in total. The number of rotatable bonds is 34. The molecule has 0 radical (unpaired) electrons. The highest BCUT2D eigenvalue weighted by Gasteiger charge is 2.41. The number of hydrogen-bond acceptors (Lipinski definition) is 3. The van der Waals surface area contributed by atoms with E-state index in [4.69, 9.17) is 9.47 Å². The Hall–Kier alpha value is -0.900. The molecule has 1 saturated heterocycles. The summed E-state index contributed by atoms with van der Waals surface area (Å²) < 4.78 is 13.6. The highest BCUT2D eigenvalue weighted by Crippen LogP contribution is 2.39. The first kappa shape index (κ1) is 46.3. The van der Waals surface area contributed by atoms with Crippen LogP contribution >= 0.6 is 0 Å². The van der Waals surface area contributed by atoms with Gasteiger partial charge in [-0.3, -0.25) is 0 Å². The monoisotopic (exact) mass is 712 g/mol. The van der Waals surface area contributed by atoms with E-state index in [2.05, 4.69) is 69.3 Å². The summed E-state index contributed by atoms with van der Waals surface area (Å²) in [6.45, 7) is 5.39. The fraction of sp³-hybridized carbons (Fsp3) is 0.875. The molecular formula is C48H89NO2. The second-order valence-electron chi connectivity index (χ2n) is 16.9. The minimum atomic E-state index is -0.304. The van der Waals surface area contributed by atoms with E-state index in [9.17, 15) is 0 Å². The number of ether oxygens (including phenoxy) is 2. The van der Waals surface area contributed by atoms with Crippen molar-refractivity contribution in [1.29, 1.82) is 0 Å². The van der Waals surface area contributed by atoms with Crippen LogP contribution in [0.5, 0.6) is 0 Å². The molecule has 0 spiro atoms. The van der Waals surface area contributed by atoms with Gasteiger partial charge in [-0.25, -0.2) is 0 Å². The molecule has 0 bridgehead atoms. The van der Waals surface area contributed by atoms with Gasteiger partial charge in [-0.05, 0) is 123 Å². The lowest BCUT2D eigenvalue weighted by molar-refractivity contribution is -0.181. The second-order valence-corrected chi connectivity index (χ2v) is 16.9. The van der Waals surface area contributed by atoms with Gasteiger partial charge >= 0.3 is 0 Å². The van der Waals surface area contributed by atoms with Crippen LogP contribution in [0.15, 0.2) is 36.5 Å². The van der Waals surface area contributed by atoms with Crippen molar-refractivity contribution in [2.45, 2.75) is 244 Å². The van der Waals surface area contributed by atoms with Gasteiger partial charge in [-0.2, -0.15) is 0 Å². The van der Waals surface area contributed by atoms with E-state index in [1.807, 2.05) is 0 Å². The van der Waals surface area contributed by atoms with E-state index in [0.29, 0.717) is 6.10 Å². The second kappa shape index (κ2) is 32.5. The highest BCUT2D eigenvalue weighted by atomic mass is 16.7. The number of unbranched alkanes of at least 4 members (excludes halogenated alkanes) is 21. The van der Waals surface area contributed by atoms with E-state index >= 15 is 0 Å². The summed E-state index contributed by atoms with van der Waals surface area (Å²) in [7, 11) is 4.49. The lowest BCUT2D eigenvalue weighted by atomic mass is 9.82. The normalized spacial score (nSPS) is 22.9. The number of nitrogens with zero attached hydrogens (tertiary/aromatic N) is 1. The Labute approximate surface area is 320 Å². The van der Waals surface area contributed by atoms with Crippen molar-refractivity contribution >= 4 is 0 Å². The molecule has 2 atom stereocenters. The molecule has 1 heterocycles. The van der Waals surface area contributed by atoms with E-state index < -0.39 is 0 Å². The molecule has 2 unspecified atom stereocenters. The molecule has 0 aromatic heterocycles. The summed E-state index contributed by atoms with van der Waals surface area (Å²) in [5, 5.41) is 0. The van der Waals surface area contributed by atoms with Gasteiger partial charge in [-0.15, -0.1) is 0 Å². The van der Waals surface area contributed by atoms with E-state index in [0.717, 1.165) is 37.8 Å². The molecule has 1 aliphatic heterocycles. The van der Waals surface area contributed by atoms with Gasteiger partial charge in [0.25, 0.3) is 0 Å². The molecule has 1 aliphatic carbocycles. The van der Waals surface area contributed by atoms with Gasteiger partial charge in [0.2, 0.25) is 0 Å². The van der Waals surface area contributed by atoms with Crippen LogP contribution in [0.25, 0.3) is 0 Å². The third-order valence-electron chi connectivity index (χ3n) is 11.9. The van der Waals surface area contributed by atoms with Crippen molar-refractivity contribution in [3.63, 3.8) is 0 Å². The van der Waals surface area contributed by atoms with Crippen LogP contribution in [0.1, 0.15) is 226 Å². The Morgan fingerprint density at radius 1 is 0.510 bits per heavy atom. The van der Waals surface area contributed by atoms with E-state index in [-0.39, 0.29) is 5.79 Å². The lowest BCUT2D eigenvalue weighted by Gasteiger charge is -2.34. The molecule has 1 saturated carbocycles. The maximum atomic E-state index is 6.92. The van der Waals surface area contributed by atoms with Crippen LogP contribution < -0.4 is 0 Å². The van der Waals surface area contributed by atoms with Gasteiger partial charge in [-0.1, -0.05) is 147 Å².